The first-order valence-electron chi connectivity index (χ1n) is 2.63. The predicted molar refractivity (Wildman–Crippen MR) is 59.0 cm³/mol. The lowest BCUT2D eigenvalue weighted by atomic mass is 10.3. The van der Waals surface area contributed by atoms with Crippen molar-refractivity contribution < 1.29 is 4.70 Å². The first kappa shape index (κ1) is 13.9. The van der Waals surface area contributed by atoms with Crippen molar-refractivity contribution in [3.8, 4) is 0 Å². The van der Waals surface area contributed by atoms with Crippen LogP contribution in [0.15, 0.2) is 0 Å². The summed E-state index contributed by atoms with van der Waals surface area (Å²) < 4.78 is 0. The van der Waals surface area contributed by atoms with Gasteiger partial charge in [-0.05, 0) is 0 Å². The number of hydrogen-bond acceptors (Lipinski definition) is 0. The van der Waals surface area contributed by atoms with Crippen LogP contribution in [0.5, 0.6) is 0 Å². The van der Waals surface area contributed by atoms with Gasteiger partial charge in [-0.25, -0.2) is 0 Å². The van der Waals surface area contributed by atoms with E-state index in [9.17, 15) is 0 Å². The van der Waals surface area contributed by atoms with Crippen LogP contribution in [-0.4, -0.2) is 0 Å². The standard InChI is InChI=1S/C6Cl6.FH/c7-1-2(8)4(10)6(12)5(11)3(1)9;/h;1H. The summed E-state index contributed by atoms with van der Waals surface area (Å²) in [5, 5.41) is 0.654. The van der Waals surface area contributed by atoms with Gasteiger partial charge in [0.05, 0.1) is 30.1 Å². The molecule has 1 aromatic carbocycles. The van der Waals surface area contributed by atoms with Crippen molar-refractivity contribution in [3.63, 3.8) is 0 Å². The van der Waals surface area contributed by atoms with E-state index in [1.807, 2.05) is 0 Å². The Balaban J connectivity index is 0.00000144. The zero-order valence-corrected chi connectivity index (χ0v) is 10.2. The summed E-state index contributed by atoms with van der Waals surface area (Å²) in [6, 6.07) is 0. The van der Waals surface area contributed by atoms with Crippen molar-refractivity contribution in [1.29, 1.82) is 0 Å². The Morgan fingerprint density at radius 3 is 0.538 bits per heavy atom. The molecule has 0 bridgehead atoms. The average Bonchev–Trinajstić information content (AvgIpc) is 2.08. The minimum atomic E-state index is 0. The highest BCUT2D eigenvalue weighted by Gasteiger charge is 2.17. The van der Waals surface area contributed by atoms with E-state index >= 15 is 0 Å². The Labute approximate surface area is 104 Å². The second-order valence-corrected chi connectivity index (χ2v) is 4.15. The molecule has 0 aliphatic rings. The van der Waals surface area contributed by atoms with Gasteiger partial charge in [-0.3, -0.25) is 4.70 Å². The maximum absolute atomic E-state index is 5.67. The van der Waals surface area contributed by atoms with Crippen LogP contribution in [0.3, 0.4) is 0 Å². The van der Waals surface area contributed by atoms with Crippen LogP contribution in [0, 0.1) is 0 Å². The highest BCUT2D eigenvalue weighted by Crippen LogP contribution is 2.45. The van der Waals surface area contributed by atoms with Gasteiger partial charge >= 0.3 is 0 Å². The third-order valence-electron chi connectivity index (χ3n) is 1.16. The Kier molecular flexibility index (Phi) is 5.46. The van der Waals surface area contributed by atoms with Crippen LogP contribution in [0.25, 0.3) is 0 Å². The molecule has 13 heavy (non-hydrogen) atoms. The molecule has 0 heterocycles. The lowest BCUT2D eigenvalue weighted by Gasteiger charge is -2.06. The molecule has 0 aliphatic heterocycles. The Hall–Kier alpha value is 0.890. The van der Waals surface area contributed by atoms with Crippen LogP contribution in [0.2, 0.25) is 30.1 Å². The highest BCUT2D eigenvalue weighted by atomic mass is 35.5. The Morgan fingerprint density at radius 2 is 0.462 bits per heavy atom. The molecule has 0 aromatic heterocycles. The van der Waals surface area contributed by atoms with Gasteiger partial charge in [0.15, 0.2) is 0 Å². The van der Waals surface area contributed by atoms with Crippen LogP contribution in [0.4, 0.5) is 4.70 Å². The van der Waals surface area contributed by atoms with Gasteiger partial charge in [-0.15, -0.1) is 0 Å². The largest absolute Gasteiger partial charge is 0.269 e. The van der Waals surface area contributed by atoms with Gasteiger partial charge in [-0.1, -0.05) is 69.6 Å². The molecule has 0 N–H and O–H groups in total. The zero-order chi connectivity index (χ0) is 9.46. The van der Waals surface area contributed by atoms with Gasteiger partial charge < -0.3 is 0 Å². The number of benzene rings is 1. The van der Waals surface area contributed by atoms with E-state index in [2.05, 4.69) is 0 Å². The monoisotopic (exact) mass is 302 g/mol. The first-order chi connectivity index (χ1) is 5.46. The second-order valence-electron chi connectivity index (χ2n) is 1.88. The summed E-state index contributed by atoms with van der Waals surface area (Å²) >= 11 is 34.0. The zero-order valence-electron chi connectivity index (χ0n) is 5.68. The molecule has 0 atom stereocenters. The fraction of sp³-hybridized carbons (Fsp3) is 0. The molecule has 7 heteroatoms. The van der Waals surface area contributed by atoms with Crippen molar-refractivity contribution in [2.75, 3.05) is 0 Å². The van der Waals surface area contributed by atoms with Crippen molar-refractivity contribution in [2.24, 2.45) is 0 Å². The first-order valence-corrected chi connectivity index (χ1v) is 4.90. The minimum absolute atomic E-state index is 0. The quantitative estimate of drug-likeness (QED) is 0.422. The molecule has 0 aliphatic carbocycles. The summed E-state index contributed by atoms with van der Waals surface area (Å²) in [4.78, 5) is 0. The van der Waals surface area contributed by atoms with Crippen LogP contribution >= 0.6 is 69.6 Å². The predicted octanol–water partition coefficient (Wildman–Crippen LogP) is 5.76. The summed E-state index contributed by atoms with van der Waals surface area (Å²) in [5.41, 5.74) is 0. The van der Waals surface area contributed by atoms with E-state index in [0.29, 0.717) is 0 Å². The molecule has 0 unspecified atom stereocenters. The summed E-state index contributed by atoms with van der Waals surface area (Å²) in [6.07, 6.45) is 0. The van der Waals surface area contributed by atoms with Crippen LogP contribution < -0.4 is 0 Å². The van der Waals surface area contributed by atoms with E-state index in [-0.39, 0.29) is 34.8 Å². The SMILES string of the molecule is Clc1c(Cl)c(Cl)c(Cl)c(Cl)c1Cl.F. The molecule has 0 amide bonds. The number of rotatable bonds is 0. The van der Waals surface area contributed by atoms with Crippen LogP contribution in [0.1, 0.15) is 0 Å². The fourth-order valence-corrected chi connectivity index (χ4v) is 2.00. The molecule has 74 valence electrons. The molecule has 0 fully saturated rings. The smallest absolute Gasteiger partial charge is 0.0810 e. The summed E-state index contributed by atoms with van der Waals surface area (Å²) in [7, 11) is 0. The normalized spacial score (nSPS) is 9.69. The van der Waals surface area contributed by atoms with Gasteiger partial charge in [0.2, 0.25) is 0 Å². The Bertz CT molecular complexity index is 231. The highest BCUT2D eigenvalue weighted by molar-refractivity contribution is 6.59. The van der Waals surface area contributed by atoms with Crippen molar-refractivity contribution >= 4 is 69.6 Å². The third-order valence-corrected chi connectivity index (χ3v) is 4.00. The van der Waals surface area contributed by atoms with Gasteiger partial charge in [0.1, 0.15) is 0 Å². The maximum Gasteiger partial charge on any atom is 0.0810 e. The molecule has 1 rings (SSSR count). The fourth-order valence-electron chi connectivity index (χ4n) is 0.578. The molecular formula is C6HCl6F. The molecule has 0 nitrogen and oxygen atoms in total. The van der Waals surface area contributed by atoms with E-state index in [1.165, 1.54) is 0 Å². The van der Waals surface area contributed by atoms with Crippen LogP contribution in [-0.2, 0) is 0 Å². The second kappa shape index (κ2) is 5.11. The maximum atomic E-state index is 5.67. The number of hydrogen-bond donors (Lipinski definition) is 0. The molecular weight excluding hydrogens is 304 g/mol. The summed E-state index contributed by atoms with van der Waals surface area (Å²) in [5.74, 6) is 0. The van der Waals surface area contributed by atoms with Gasteiger partial charge in [0, 0.05) is 0 Å². The topological polar surface area (TPSA) is 0 Å². The van der Waals surface area contributed by atoms with E-state index in [4.69, 9.17) is 69.6 Å². The third kappa shape index (κ3) is 2.47. The van der Waals surface area contributed by atoms with E-state index in [0.717, 1.165) is 0 Å². The lowest BCUT2D eigenvalue weighted by molar-refractivity contribution is 1.11. The van der Waals surface area contributed by atoms with E-state index in [1.54, 1.807) is 0 Å². The Morgan fingerprint density at radius 1 is 0.385 bits per heavy atom. The average molecular weight is 305 g/mol. The molecule has 1 aromatic rings. The van der Waals surface area contributed by atoms with Gasteiger partial charge in [-0.2, -0.15) is 0 Å². The number of halogens is 7. The molecule has 0 spiro atoms. The van der Waals surface area contributed by atoms with Crippen molar-refractivity contribution in [1.82, 2.24) is 0 Å². The molecule has 0 saturated carbocycles. The molecule has 0 saturated heterocycles. The lowest BCUT2D eigenvalue weighted by Crippen LogP contribution is -1.79. The minimum Gasteiger partial charge on any atom is -0.269 e. The molecule has 0 radical (unpaired) electrons. The van der Waals surface area contributed by atoms with Crippen molar-refractivity contribution in [3.05, 3.63) is 30.1 Å². The van der Waals surface area contributed by atoms with E-state index < -0.39 is 0 Å². The van der Waals surface area contributed by atoms with Crippen molar-refractivity contribution in [2.45, 2.75) is 0 Å². The van der Waals surface area contributed by atoms with Gasteiger partial charge in [0.25, 0.3) is 0 Å². The summed E-state index contributed by atoms with van der Waals surface area (Å²) in [6.45, 7) is 0.